The van der Waals surface area contributed by atoms with Gasteiger partial charge in [-0.2, -0.15) is 0 Å². The highest BCUT2D eigenvalue weighted by atomic mass is 16.3. The van der Waals surface area contributed by atoms with Crippen molar-refractivity contribution in [3.05, 3.63) is 12.7 Å². The molecule has 0 fully saturated rings. The summed E-state index contributed by atoms with van der Waals surface area (Å²) in [7, 11) is 0. The molecular weight excluding hydrogens is 100 g/mol. The van der Waals surface area contributed by atoms with Crippen molar-refractivity contribution in [3.8, 4) is 11.8 Å². The third kappa shape index (κ3) is 5.26. The van der Waals surface area contributed by atoms with Gasteiger partial charge in [0.2, 0.25) is 0 Å². The Hall–Kier alpha value is -0.740. The Kier molecular flexibility index (Phi) is 4.01. The van der Waals surface area contributed by atoms with Gasteiger partial charge in [0.15, 0.2) is 0 Å². The molecule has 0 aliphatic carbocycles. The lowest BCUT2D eigenvalue weighted by Gasteiger charge is -1.91. The maximum absolute atomic E-state index is 8.64. The van der Waals surface area contributed by atoms with Crippen LogP contribution in [0.2, 0.25) is 0 Å². The largest absolute Gasteiger partial charge is 0.392 e. The van der Waals surface area contributed by atoms with E-state index in [1.54, 1.807) is 6.92 Å². The van der Waals surface area contributed by atoms with Gasteiger partial charge in [0.25, 0.3) is 0 Å². The Morgan fingerprint density at radius 3 is 2.88 bits per heavy atom. The zero-order chi connectivity index (χ0) is 6.41. The van der Waals surface area contributed by atoms with E-state index in [-0.39, 0.29) is 6.10 Å². The summed E-state index contributed by atoms with van der Waals surface area (Å²) in [4.78, 5) is 0. The first kappa shape index (κ1) is 7.26. The number of rotatable bonds is 1. The maximum Gasteiger partial charge on any atom is 0.0621 e. The first-order chi connectivity index (χ1) is 3.77. The van der Waals surface area contributed by atoms with E-state index in [0.29, 0.717) is 6.42 Å². The second-order valence-corrected chi connectivity index (χ2v) is 1.58. The van der Waals surface area contributed by atoms with E-state index in [4.69, 9.17) is 5.11 Å². The van der Waals surface area contributed by atoms with Gasteiger partial charge in [-0.05, 0) is 13.0 Å². The second-order valence-electron chi connectivity index (χ2n) is 1.58. The zero-order valence-electron chi connectivity index (χ0n) is 5.02. The van der Waals surface area contributed by atoms with Crippen LogP contribution in [-0.2, 0) is 0 Å². The van der Waals surface area contributed by atoms with Crippen LogP contribution >= 0.6 is 0 Å². The van der Waals surface area contributed by atoms with Gasteiger partial charge in [0, 0.05) is 6.42 Å². The highest BCUT2D eigenvalue weighted by Crippen LogP contribution is 1.83. The van der Waals surface area contributed by atoms with Crippen molar-refractivity contribution in [1.82, 2.24) is 0 Å². The van der Waals surface area contributed by atoms with E-state index in [1.165, 1.54) is 6.08 Å². The Bertz CT molecular complexity index is 114. The predicted octanol–water partition coefficient (Wildman–Crippen LogP) is 0.947. The lowest BCUT2D eigenvalue weighted by atomic mass is 10.3. The second kappa shape index (κ2) is 4.42. The lowest BCUT2D eigenvalue weighted by molar-refractivity contribution is 0.201. The summed E-state index contributed by atoms with van der Waals surface area (Å²) in [5, 5.41) is 8.64. The third-order valence-corrected chi connectivity index (χ3v) is 0.602. The lowest BCUT2D eigenvalue weighted by Crippen LogP contribution is -1.95. The minimum atomic E-state index is -0.317. The maximum atomic E-state index is 8.64. The molecule has 0 aromatic carbocycles. The third-order valence-electron chi connectivity index (χ3n) is 0.602. The molecule has 1 atom stereocenters. The molecule has 1 heteroatoms. The summed E-state index contributed by atoms with van der Waals surface area (Å²) in [5.41, 5.74) is 0. The summed E-state index contributed by atoms with van der Waals surface area (Å²) in [6.07, 6.45) is 1.73. The molecule has 1 unspecified atom stereocenters. The average molecular weight is 110 g/mol. The van der Waals surface area contributed by atoms with Gasteiger partial charge in [-0.15, -0.1) is 0 Å². The fourth-order valence-corrected chi connectivity index (χ4v) is 0.279. The normalized spacial score (nSPS) is 11.2. The molecule has 0 saturated heterocycles. The van der Waals surface area contributed by atoms with Gasteiger partial charge in [0.05, 0.1) is 6.10 Å². The van der Waals surface area contributed by atoms with Crippen LogP contribution in [0.1, 0.15) is 13.3 Å². The molecule has 0 bridgehead atoms. The average Bonchev–Trinajstić information content (AvgIpc) is 1.66. The number of allylic oxidation sites excluding steroid dienone is 1. The molecule has 1 nitrogen and oxygen atoms in total. The molecule has 0 aromatic heterocycles. The first-order valence-electron chi connectivity index (χ1n) is 2.54. The zero-order valence-corrected chi connectivity index (χ0v) is 5.02. The fraction of sp³-hybridized carbons (Fsp3) is 0.429. The molecule has 0 radical (unpaired) electrons. The Balaban J connectivity index is 3.28. The van der Waals surface area contributed by atoms with E-state index in [9.17, 15) is 0 Å². The summed E-state index contributed by atoms with van der Waals surface area (Å²) < 4.78 is 0. The van der Waals surface area contributed by atoms with Gasteiger partial charge >= 0.3 is 0 Å². The van der Waals surface area contributed by atoms with Crippen molar-refractivity contribution >= 4 is 0 Å². The molecule has 0 aromatic rings. The number of hydrogen-bond acceptors (Lipinski definition) is 1. The van der Waals surface area contributed by atoms with E-state index in [0.717, 1.165) is 0 Å². The molecule has 0 spiro atoms. The van der Waals surface area contributed by atoms with Crippen LogP contribution in [0.4, 0.5) is 0 Å². The standard InChI is InChI=1S/C7H10O/c1-3-4-5-6-7(2)8/h3,7-8H,1,6H2,2H3. The van der Waals surface area contributed by atoms with Crippen molar-refractivity contribution in [2.24, 2.45) is 0 Å². The molecule has 0 heterocycles. The molecular formula is C7H10O. The molecule has 0 saturated carbocycles. The Morgan fingerprint density at radius 2 is 2.50 bits per heavy atom. The van der Waals surface area contributed by atoms with E-state index < -0.39 is 0 Å². The number of hydrogen-bond donors (Lipinski definition) is 1. The van der Waals surface area contributed by atoms with Crippen LogP contribution < -0.4 is 0 Å². The van der Waals surface area contributed by atoms with E-state index >= 15 is 0 Å². The van der Waals surface area contributed by atoms with Crippen molar-refractivity contribution in [2.45, 2.75) is 19.4 Å². The van der Waals surface area contributed by atoms with Crippen LogP contribution in [0, 0.1) is 11.8 Å². The van der Waals surface area contributed by atoms with E-state index in [2.05, 4.69) is 18.4 Å². The first-order valence-corrected chi connectivity index (χ1v) is 2.54. The molecule has 0 aliphatic heterocycles. The molecule has 0 rings (SSSR count). The SMILES string of the molecule is C=CC#CCC(C)O. The van der Waals surface area contributed by atoms with Gasteiger partial charge in [-0.1, -0.05) is 18.4 Å². The van der Waals surface area contributed by atoms with Crippen molar-refractivity contribution < 1.29 is 5.11 Å². The van der Waals surface area contributed by atoms with Crippen LogP contribution in [0.3, 0.4) is 0 Å². The highest BCUT2D eigenvalue weighted by Gasteiger charge is 1.85. The molecule has 0 amide bonds. The summed E-state index contributed by atoms with van der Waals surface area (Å²) in [6.45, 7) is 5.11. The minimum absolute atomic E-state index is 0.317. The van der Waals surface area contributed by atoms with Gasteiger partial charge in [-0.25, -0.2) is 0 Å². The fourth-order valence-electron chi connectivity index (χ4n) is 0.279. The molecule has 8 heavy (non-hydrogen) atoms. The van der Waals surface area contributed by atoms with Crippen LogP contribution in [0.15, 0.2) is 12.7 Å². The minimum Gasteiger partial charge on any atom is -0.392 e. The number of aliphatic hydroxyl groups is 1. The van der Waals surface area contributed by atoms with Gasteiger partial charge in [-0.3, -0.25) is 0 Å². The monoisotopic (exact) mass is 110 g/mol. The van der Waals surface area contributed by atoms with Crippen molar-refractivity contribution in [3.63, 3.8) is 0 Å². The Morgan fingerprint density at radius 1 is 1.88 bits per heavy atom. The summed E-state index contributed by atoms with van der Waals surface area (Å²) >= 11 is 0. The quantitative estimate of drug-likeness (QED) is 0.498. The van der Waals surface area contributed by atoms with E-state index in [1.807, 2.05) is 0 Å². The van der Waals surface area contributed by atoms with Crippen molar-refractivity contribution in [1.29, 1.82) is 0 Å². The van der Waals surface area contributed by atoms with Crippen LogP contribution in [0.25, 0.3) is 0 Å². The molecule has 0 aliphatic rings. The number of aliphatic hydroxyl groups excluding tert-OH is 1. The van der Waals surface area contributed by atoms with Crippen LogP contribution in [0.5, 0.6) is 0 Å². The topological polar surface area (TPSA) is 20.2 Å². The smallest absolute Gasteiger partial charge is 0.0621 e. The Labute approximate surface area is 50.0 Å². The summed E-state index contributed by atoms with van der Waals surface area (Å²) in [6, 6.07) is 0. The van der Waals surface area contributed by atoms with Crippen LogP contribution in [-0.4, -0.2) is 11.2 Å². The van der Waals surface area contributed by atoms with Gasteiger partial charge in [0.1, 0.15) is 0 Å². The van der Waals surface area contributed by atoms with Gasteiger partial charge < -0.3 is 5.11 Å². The molecule has 44 valence electrons. The predicted molar refractivity (Wildman–Crippen MR) is 34.3 cm³/mol. The summed E-state index contributed by atoms with van der Waals surface area (Å²) in [5.74, 6) is 5.35. The molecule has 1 N–H and O–H groups in total. The van der Waals surface area contributed by atoms with Crippen molar-refractivity contribution in [2.75, 3.05) is 0 Å². The highest BCUT2D eigenvalue weighted by molar-refractivity contribution is 5.12.